The summed E-state index contributed by atoms with van der Waals surface area (Å²) in [7, 11) is 0. The number of hydrogen-bond donors (Lipinski definition) is 3. The largest absolute Gasteiger partial charge is 0.366 e. The second kappa shape index (κ2) is 7.40. The Morgan fingerprint density at radius 3 is 2.41 bits per heavy atom. The molecule has 1 fully saturated rings. The van der Waals surface area contributed by atoms with Gasteiger partial charge in [-0.25, -0.2) is 0 Å². The van der Waals surface area contributed by atoms with Crippen LogP contribution in [0.5, 0.6) is 0 Å². The molecule has 0 unspecified atom stereocenters. The van der Waals surface area contributed by atoms with Crippen LogP contribution in [0, 0.1) is 5.92 Å². The van der Waals surface area contributed by atoms with Gasteiger partial charge < -0.3 is 16.4 Å². The van der Waals surface area contributed by atoms with Gasteiger partial charge in [-0.3, -0.25) is 9.59 Å². The minimum atomic E-state index is -0.473. The van der Waals surface area contributed by atoms with Crippen molar-refractivity contribution in [3.8, 4) is 0 Å². The molecular formula is C17H25N3O2. The fourth-order valence-electron chi connectivity index (χ4n) is 2.93. The van der Waals surface area contributed by atoms with E-state index in [4.69, 9.17) is 5.73 Å². The minimum Gasteiger partial charge on any atom is -0.366 e. The first-order valence-electron chi connectivity index (χ1n) is 7.94. The maximum Gasteiger partial charge on any atom is 0.248 e. The van der Waals surface area contributed by atoms with Gasteiger partial charge in [0.2, 0.25) is 11.8 Å². The van der Waals surface area contributed by atoms with Crippen molar-refractivity contribution in [2.75, 3.05) is 5.32 Å². The Morgan fingerprint density at radius 2 is 1.82 bits per heavy atom. The van der Waals surface area contributed by atoms with Gasteiger partial charge in [0.25, 0.3) is 0 Å². The molecule has 0 aromatic heterocycles. The van der Waals surface area contributed by atoms with Crippen molar-refractivity contribution >= 4 is 17.5 Å². The lowest BCUT2D eigenvalue weighted by Crippen LogP contribution is -2.47. The molecule has 1 aliphatic carbocycles. The topological polar surface area (TPSA) is 84.2 Å². The zero-order valence-electron chi connectivity index (χ0n) is 13.3. The average Bonchev–Trinajstić information content (AvgIpc) is 2.50. The summed E-state index contributed by atoms with van der Waals surface area (Å²) in [5, 5.41) is 6.29. The van der Waals surface area contributed by atoms with E-state index in [0.29, 0.717) is 23.2 Å². The smallest absolute Gasteiger partial charge is 0.248 e. The Kier molecular flexibility index (Phi) is 5.55. The third-order valence-electron chi connectivity index (χ3n) is 4.41. The molecule has 0 heterocycles. The van der Waals surface area contributed by atoms with E-state index in [-0.39, 0.29) is 11.9 Å². The van der Waals surface area contributed by atoms with Crippen molar-refractivity contribution in [1.29, 1.82) is 0 Å². The molecule has 1 aromatic carbocycles. The van der Waals surface area contributed by atoms with E-state index in [9.17, 15) is 9.59 Å². The Balaban J connectivity index is 1.89. The van der Waals surface area contributed by atoms with Crippen LogP contribution >= 0.6 is 0 Å². The summed E-state index contributed by atoms with van der Waals surface area (Å²) in [6.07, 6.45) is 4.86. The lowest BCUT2D eigenvalue weighted by molar-refractivity contribution is -0.118. The first-order valence-corrected chi connectivity index (χ1v) is 7.94. The van der Waals surface area contributed by atoms with E-state index in [1.54, 1.807) is 24.3 Å². The predicted molar refractivity (Wildman–Crippen MR) is 87.6 cm³/mol. The van der Waals surface area contributed by atoms with Crippen molar-refractivity contribution < 1.29 is 9.59 Å². The molecule has 0 aliphatic heterocycles. The number of anilines is 1. The molecule has 4 N–H and O–H groups in total. The average molecular weight is 303 g/mol. The number of rotatable bonds is 5. The van der Waals surface area contributed by atoms with Crippen LogP contribution in [-0.2, 0) is 4.79 Å². The van der Waals surface area contributed by atoms with Crippen LogP contribution in [0.25, 0.3) is 0 Å². The highest BCUT2D eigenvalue weighted by atomic mass is 16.2. The van der Waals surface area contributed by atoms with Crippen molar-refractivity contribution in [2.45, 2.75) is 51.6 Å². The standard InChI is InChI=1S/C17H25N3O2/c1-11-5-3-4-6-15(11)19-12(2)17(22)20-14-9-7-13(8-10-14)16(18)21/h7-12,15,19H,3-6H2,1-2H3,(H2,18,21)(H,20,22)/t11-,12-,15+/m0/s1. The number of hydrogen-bond acceptors (Lipinski definition) is 3. The van der Waals surface area contributed by atoms with E-state index >= 15 is 0 Å². The van der Waals surface area contributed by atoms with Gasteiger partial charge in [0, 0.05) is 17.3 Å². The molecule has 5 heteroatoms. The summed E-state index contributed by atoms with van der Waals surface area (Å²) in [5.74, 6) is 0.0719. The Bertz CT molecular complexity index is 527. The molecule has 5 nitrogen and oxygen atoms in total. The van der Waals surface area contributed by atoms with Crippen molar-refractivity contribution in [3.05, 3.63) is 29.8 Å². The Hall–Kier alpha value is -1.88. The monoisotopic (exact) mass is 303 g/mol. The first kappa shape index (κ1) is 16.5. The van der Waals surface area contributed by atoms with Crippen LogP contribution in [0.2, 0.25) is 0 Å². The van der Waals surface area contributed by atoms with Crippen LogP contribution < -0.4 is 16.4 Å². The first-order chi connectivity index (χ1) is 10.5. The number of carbonyl (C=O) groups excluding carboxylic acids is 2. The maximum absolute atomic E-state index is 12.2. The second-order valence-corrected chi connectivity index (χ2v) is 6.19. The van der Waals surface area contributed by atoms with Gasteiger partial charge >= 0.3 is 0 Å². The number of nitrogens with two attached hydrogens (primary N) is 1. The fraction of sp³-hybridized carbons (Fsp3) is 0.529. The summed E-state index contributed by atoms with van der Waals surface area (Å²) in [6, 6.07) is 6.76. The number of amides is 2. The highest BCUT2D eigenvalue weighted by Gasteiger charge is 2.24. The van der Waals surface area contributed by atoms with Crippen molar-refractivity contribution in [1.82, 2.24) is 5.32 Å². The molecule has 120 valence electrons. The van der Waals surface area contributed by atoms with Crippen LogP contribution in [0.15, 0.2) is 24.3 Å². The van der Waals surface area contributed by atoms with E-state index in [2.05, 4.69) is 17.6 Å². The van der Waals surface area contributed by atoms with E-state index < -0.39 is 5.91 Å². The van der Waals surface area contributed by atoms with Gasteiger partial charge in [-0.1, -0.05) is 19.8 Å². The molecule has 1 saturated carbocycles. The molecule has 22 heavy (non-hydrogen) atoms. The molecule has 1 aliphatic rings. The number of nitrogens with one attached hydrogen (secondary N) is 2. The Morgan fingerprint density at radius 1 is 1.18 bits per heavy atom. The summed E-state index contributed by atoms with van der Waals surface area (Å²) in [5.41, 5.74) is 6.29. The lowest BCUT2D eigenvalue weighted by atomic mass is 9.85. The van der Waals surface area contributed by atoms with Crippen molar-refractivity contribution in [2.24, 2.45) is 11.7 Å². The molecule has 1 aromatic rings. The maximum atomic E-state index is 12.2. The number of carbonyl (C=O) groups is 2. The molecule has 0 saturated heterocycles. The van der Waals surface area contributed by atoms with E-state index in [1.807, 2.05) is 6.92 Å². The zero-order valence-corrected chi connectivity index (χ0v) is 13.3. The van der Waals surface area contributed by atoms with Crippen LogP contribution in [-0.4, -0.2) is 23.9 Å². The lowest BCUT2D eigenvalue weighted by Gasteiger charge is -2.31. The third kappa shape index (κ3) is 4.31. The number of benzene rings is 1. The number of primary amides is 1. The fourth-order valence-corrected chi connectivity index (χ4v) is 2.93. The summed E-state index contributed by atoms with van der Waals surface area (Å²) in [4.78, 5) is 23.3. The minimum absolute atomic E-state index is 0.0652. The molecule has 2 amide bonds. The summed E-state index contributed by atoms with van der Waals surface area (Å²) < 4.78 is 0. The molecule has 0 bridgehead atoms. The van der Waals surface area contributed by atoms with Gasteiger partial charge in [0.1, 0.15) is 0 Å². The highest BCUT2D eigenvalue weighted by molar-refractivity contribution is 5.96. The molecular weight excluding hydrogens is 278 g/mol. The molecule has 0 spiro atoms. The molecule has 3 atom stereocenters. The highest BCUT2D eigenvalue weighted by Crippen LogP contribution is 2.24. The van der Waals surface area contributed by atoms with E-state index in [0.717, 1.165) is 6.42 Å². The SMILES string of the molecule is C[C@H](N[C@@H]1CCCC[C@@H]1C)C(=O)Nc1ccc(C(N)=O)cc1. The predicted octanol–water partition coefficient (Wildman–Crippen LogP) is 2.28. The van der Waals surface area contributed by atoms with Crippen LogP contribution in [0.1, 0.15) is 49.9 Å². The third-order valence-corrected chi connectivity index (χ3v) is 4.41. The summed E-state index contributed by atoms with van der Waals surface area (Å²) >= 11 is 0. The van der Waals surface area contributed by atoms with Crippen LogP contribution in [0.4, 0.5) is 5.69 Å². The zero-order chi connectivity index (χ0) is 16.1. The van der Waals surface area contributed by atoms with Gasteiger partial charge in [0.15, 0.2) is 0 Å². The van der Waals surface area contributed by atoms with Gasteiger partial charge in [0.05, 0.1) is 6.04 Å². The van der Waals surface area contributed by atoms with Crippen molar-refractivity contribution in [3.63, 3.8) is 0 Å². The second-order valence-electron chi connectivity index (χ2n) is 6.19. The van der Waals surface area contributed by atoms with Gasteiger partial charge in [-0.2, -0.15) is 0 Å². The van der Waals surface area contributed by atoms with Gasteiger partial charge in [-0.05, 0) is 49.9 Å². The Labute approximate surface area is 131 Å². The summed E-state index contributed by atoms with van der Waals surface area (Å²) in [6.45, 7) is 4.12. The normalized spacial score (nSPS) is 22.8. The van der Waals surface area contributed by atoms with Gasteiger partial charge in [-0.15, -0.1) is 0 Å². The quantitative estimate of drug-likeness (QED) is 0.780. The van der Waals surface area contributed by atoms with Crippen LogP contribution in [0.3, 0.4) is 0 Å². The molecule has 0 radical (unpaired) electrons. The molecule has 2 rings (SSSR count). The van der Waals surface area contributed by atoms with E-state index in [1.165, 1.54) is 19.3 Å².